The SMILES string of the molecule is CC[C@H]1O[C@@H](OCCCCCNC(=O)COCCNC(=O)CCC(CCC(=O)NCCOCC(=O)NCCCCCO[C@@H]2O[C@H](CC)[C@H](C)[C@H](OC(C)=O)[C@@H]2NC(C)=O)(CCC(=O)NCCOCC(=O)NCCCCCO[C@@H]2O[C@H](CC)[C@H](C)[C@H](OC(C)=O)[C@@H]2NC(C)=O)NC(=O)OCC2c3ccccc3-c3ccccc32)[C@@H](NC(C)=O)[C@@H](OC(C)=O)[C@H]1C. The van der Waals surface area contributed by atoms with Gasteiger partial charge in [0, 0.05) is 149 Å². The molecule has 2 aromatic rings. The quantitative estimate of drug-likeness (QED) is 0.0221. The summed E-state index contributed by atoms with van der Waals surface area (Å²) in [5, 5.41) is 28.4. The van der Waals surface area contributed by atoms with Crippen LogP contribution in [-0.4, -0.2) is 262 Å². The van der Waals surface area contributed by atoms with Crippen molar-refractivity contribution >= 4 is 77.2 Å². The van der Waals surface area contributed by atoms with Crippen molar-refractivity contribution in [2.45, 2.75) is 284 Å². The molecule has 3 aliphatic heterocycles. The Morgan fingerprint density at radius 3 is 0.960 bits per heavy atom. The molecule has 3 fully saturated rings. The number of unbranched alkanes of at least 4 members (excludes halogenated alkanes) is 6. The molecule has 6 rings (SSSR count). The molecule has 3 heterocycles. The van der Waals surface area contributed by atoms with Crippen molar-refractivity contribution < 1.29 is 124 Å². The molecule has 0 unspecified atom stereocenters. The van der Waals surface area contributed by atoms with Crippen LogP contribution in [0.4, 0.5) is 4.79 Å². The van der Waals surface area contributed by atoms with Gasteiger partial charge in [-0.3, -0.25) is 57.5 Å². The zero-order valence-corrected chi connectivity index (χ0v) is 74.5. The van der Waals surface area contributed by atoms with Crippen LogP contribution < -0.4 is 53.2 Å². The Bertz CT molecular complexity index is 3380. The minimum absolute atomic E-state index is 0.00274. The van der Waals surface area contributed by atoms with Gasteiger partial charge in [0.05, 0.1) is 38.1 Å². The predicted molar refractivity (Wildman–Crippen MR) is 452 cm³/mol. The Morgan fingerprint density at radius 2 is 0.669 bits per heavy atom. The molecule has 10 N–H and O–H groups in total. The number of amides is 10. The van der Waals surface area contributed by atoms with E-state index in [2.05, 4.69) is 53.2 Å². The first-order valence-corrected chi connectivity index (χ1v) is 44.1. The van der Waals surface area contributed by atoms with Gasteiger partial charge in [0.1, 0.15) is 62.9 Å². The van der Waals surface area contributed by atoms with Crippen molar-refractivity contribution in [3.8, 4) is 11.1 Å². The lowest BCUT2D eigenvalue weighted by Gasteiger charge is -2.44. The molecule has 0 spiro atoms. The summed E-state index contributed by atoms with van der Waals surface area (Å²) >= 11 is 0. The summed E-state index contributed by atoms with van der Waals surface area (Å²) in [4.78, 5) is 167. The van der Waals surface area contributed by atoms with E-state index in [0.717, 1.165) is 22.3 Å². The first-order valence-electron chi connectivity index (χ1n) is 44.1. The Labute approximate surface area is 728 Å². The van der Waals surface area contributed by atoms with Crippen LogP contribution in [-0.2, 0) is 119 Å². The Kier molecular flexibility index (Phi) is 47.0. The Balaban J connectivity index is 1.00. The second-order valence-corrected chi connectivity index (χ2v) is 32.1. The minimum atomic E-state index is -1.44. The number of esters is 3. The predicted octanol–water partition coefficient (Wildman–Crippen LogP) is 5.53. The molecule has 2 aromatic carbocycles. The van der Waals surface area contributed by atoms with Crippen LogP contribution >= 0.6 is 0 Å². The topological polar surface area (TPSA) is 462 Å². The van der Waals surface area contributed by atoms with E-state index < -0.39 is 103 Å². The highest BCUT2D eigenvalue weighted by Crippen LogP contribution is 2.45. The number of ether oxygens (including phenoxy) is 13. The second-order valence-electron chi connectivity index (χ2n) is 32.1. The number of carbonyl (C=O) groups excluding carboxylic acids is 13. The number of hydrogen-bond acceptors (Lipinski definition) is 26. The first kappa shape index (κ1) is 104. The molecule has 10 amide bonds. The van der Waals surface area contributed by atoms with E-state index in [-0.39, 0.29) is 202 Å². The van der Waals surface area contributed by atoms with Crippen LogP contribution in [0.15, 0.2) is 48.5 Å². The van der Waals surface area contributed by atoms with Gasteiger partial charge in [-0.2, -0.15) is 0 Å². The standard InChI is InChI=1S/C88H138N10O26/c1-13-69-55(4)81(119-61(10)102)78(95-58(7)99)84(122-69)115-45-26-16-23-39-89-75(108)52-112-48-42-92-72(105)33-36-88(98-87(111)118-51-68-66-31-21-19-29-64(66)65-30-20-22-32-67(65)68,37-34-73(106)93-43-49-113-53-76(109)90-40-24-17-27-46-116-85-79(96-59(8)100)82(120-62(11)103)56(5)70(14-2)123-85)38-35-74(107)94-44-50-114-54-77(110)91-41-25-18-28-47-117-86-80(97-60(9)101)83(121-63(12)104)57(6)71(15-3)124-86/h19-22,29-32,55-57,68-71,78-86H,13-18,23-28,33-54H2,1-12H3,(H,89,108)(H,90,109)(H,91,110)(H,92,105)(H,93,106)(H,94,107)(H,95,99)(H,96,100)(H,97,101)(H,98,111)/t55-,56-,57-,69+,70+,71+,78-,79-,80-,81-,82-,83-,84+,85+,86+/m0/s1. The van der Waals surface area contributed by atoms with Crippen molar-refractivity contribution in [1.82, 2.24) is 53.2 Å². The molecule has 696 valence electrons. The molecule has 0 saturated carbocycles. The van der Waals surface area contributed by atoms with E-state index in [1.807, 2.05) is 90.1 Å². The average molecular weight is 1750 g/mol. The third-order valence-electron chi connectivity index (χ3n) is 22.3. The van der Waals surface area contributed by atoms with Gasteiger partial charge in [-0.05, 0) is 119 Å². The smallest absolute Gasteiger partial charge is 0.407 e. The lowest BCUT2D eigenvalue weighted by molar-refractivity contribution is -0.253. The van der Waals surface area contributed by atoms with Crippen LogP contribution in [0.3, 0.4) is 0 Å². The third-order valence-corrected chi connectivity index (χ3v) is 22.3. The summed E-state index contributed by atoms with van der Waals surface area (Å²) in [5.74, 6) is -5.81. The number of hydrogen-bond donors (Lipinski definition) is 10. The van der Waals surface area contributed by atoms with Crippen LogP contribution in [0.5, 0.6) is 0 Å². The normalized spacial score (nSPS) is 22.7. The molecule has 36 nitrogen and oxygen atoms in total. The maximum absolute atomic E-state index is 14.4. The molecule has 15 atom stereocenters. The molecule has 0 aromatic heterocycles. The Hall–Kier alpha value is -9.01. The lowest BCUT2D eigenvalue weighted by Crippen LogP contribution is -2.62. The summed E-state index contributed by atoms with van der Waals surface area (Å²) in [6.07, 6.45) is 0.635. The lowest BCUT2D eigenvalue weighted by atomic mass is 9.83. The van der Waals surface area contributed by atoms with E-state index >= 15 is 0 Å². The van der Waals surface area contributed by atoms with Crippen molar-refractivity contribution in [3.05, 3.63) is 59.7 Å². The van der Waals surface area contributed by atoms with Crippen LogP contribution in [0.1, 0.15) is 216 Å². The van der Waals surface area contributed by atoms with Gasteiger partial charge in [-0.15, -0.1) is 0 Å². The summed E-state index contributed by atoms with van der Waals surface area (Å²) < 4.78 is 76.7. The molecular weight excluding hydrogens is 1610 g/mol. The summed E-state index contributed by atoms with van der Waals surface area (Å²) in [6, 6.07) is 13.5. The molecule has 0 radical (unpaired) electrons. The summed E-state index contributed by atoms with van der Waals surface area (Å²) in [7, 11) is 0. The van der Waals surface area contributed by atoms with Gasteiger partial charge in [0.25, 0.3) is 0 Å². The third kappa shape index (κ3) is 36.5. The van der Waals surface area contributed by atoms with Crippen LogP contribution in [0, 0.1) is 17.8 Å². The second kappa shape index (κ2) is 56.1. The zero-order chi connectivity index (χ0) is 90.5. The number of carbonyl (C=O) groups is 13. The average Bonchev–Trinajstić information content (AvgIpc) is 1.60. The minimum Gasteiger partial charge on any atom is -0.460 e. The zero-order valence-electron chi connectivity index (χ0n) is 74.5. The number of benzene rings is 2. The van der Waals surface area contributed by atoms with Crippen molar-refractivity contribution in [2.75, 3.05) is 105 Å². The van der Waals surface area contributed by atoms with Crippen LogP contribution in [0.25, 0.3) is 11.1 Å². The number of rotatable bonds is 57. The summed E-state index contributed by atoms with van der Waals surface area (Å²) in [5.41, 5.74) is 2.50. The highest BCUT2D eigenvalue weighted by molar-refractivity contribution is 5.82. The van der Waals surface area contributed by atoms with Gasteiger partial charge in [-0.1, -0.05) is 90.1 Å². The van der Waals surface area contributed by atoms with E-state index in [4.69, 9.17) is 61.6 Å². The van der Waals surface area contributed by atoms with Gasteiger partial charge >= 0.3 is 24.0 Å². The fourth-order valence-electron chi connectivity index (χ4n) is 16.0. The van der Waals surface area contributed by atoms with Crippen molar-refractivity contribution in [2.24, 2.45) is 17.8 Å². The molecule has 124 heavy (non-hydrogen) atoms. The molecular formula is C88H138N10O26. The molecule has 36 heteroatoms. The van der Waals surface area contributed by atoms with Gasteiger partial charge in [0.2, 0.25) is 53.2 Å². The molecule has 0 bridgehead atoms. The monoisotopic (exact) mass is 1750 g/mol. The van der Waals surface area contributed by atoms with Gasteiger partial charge < -0.3 is 115 Å². The highest BCUT2D eigenvalue weighted by atomic mass is 16.7. The van der Waals surface area contributed by atoms with Crippen LogP contribution in [0.2, 0.25) is 0 Å². The van der Waals surface area contributed by atoms with Gasteiger partial charge in [-0.25, -0.2) is 4.79 Å². The maximum atomic E-state index is 14.4. The molecule has 3 saturated heterocycles. The Morgan fingerprint density at radius 1 is 0.371 bits per heavy atom. The fourth-order valence-corrected chi connectivity index (χ4v) is 16.0. The fraction of sp³-hybridized carbons (Fsp3) is 0.716. The number of fused-ring (bicyclic) bond motifs is 3. The number of alkyl carbamates (subject to hydrolysis) is 1. The van der Waals surface area contributed by atoms with Gasteiger partial charge in [0.15, 0.2) is 18.9 Å². The molecule has 4 aliphatic rings. The van der Waals surface area contributed by atoms with E-state index in [1.165, 1.54) is 41.5 Å². The first-order chi connectivity index (χ1) is 59.5. The van der Waals surface area contributed by atoms with Crippen molar-refractivity contribution in [3.63, 3.8) is 0 Å². The summed E-state index contributed by atoms with van der Waals surface area (Å²) in [6.45, 7) is 20.5. The highest BCUT2D eigenvalue weighted by Gasteiger charge is 2.50. The van der Waals surface area contributed by atoms with E-state index in [1.54, 1.807) is 0 Å². The number of nitrogens with one attached hydrogen (secondary N) is 10. The molecule has 1 aliphatic carbocycles. The van der Waals surface area contributed by atoms with Crippen molar-refractivity contribution in [1.29, 1.82) is 0 Å². The van der Waals surface area contributed by atoms with E-state index in [9.17, 15) is 62.3 Å². The maximum Gasteiger partial charge on any atom is 0.407 e. The van der Waals surface area contributed by atoms with E-state index in [0.29, 0.717) is 96.7 Å². The largest absolute Gasteiger partial charge is 0.460 e.